The Morgan fingerprint density at radius 1 is 1.44 bits per heavy atom. The maximum atomic E-state index is 11.3. The van der Waals surface area contributed by atoms with Crippen LogP contribution in [0.5, 0.6) is 5.75 Å². The number of anilines is 1. The van der Waals surface area contributed by atoms with Gasteiger partial charge in [-0.3, -0.25) is 4.79 Å². The quantitative estimate of drug-likeness (QED) is 0.783. The van der Waals surface area contributed by atoms with Gasteiger partial charge in [0.2, 0.25) is 11.9 Å². The lowest BCUT2D eigenvalue weighted by Crippen LogP contribution is -2.24. The van der Waals surface area contributed by atoms with Gasteiger partial charge in [0.15, 0.2) is 5.75 Å². The molecule has 6 heteroatoms. The summed E-state index contributed by atoms with van der Waals surface area (Å²) in [6, 6.07) is 0. The molecule has 0 saturated heterocycles. The van der Waals surface area contributed by atoms with Crippen molar-refractivity contribution in [1.82, 2.24) is 14.9 Å². The second-order valence-corrected chi connectivity index (χ2v) is 3.41. The van der Waals surface area contributed by atoms with Crippen LogP contribution in [0.25, 0.3) is 0 Å². The normalized spacial score (nSPS) is 9.69. The number of nitrogens with one attached hydrogen (secondary N) is 1. The van der Waals surface area contributed by atoms with Crippen LogP contribution in [0.1, 0.15) is 6.42 Å². The van der Waals surface area contributed by atoms with Gasteiger partial charge in [-0.15, -0.1) is 0 Å². The Morgan fingerprint density at radius 3 is 2.56 bits per heavy atom. The molecule has 88 valence electrons. The molecular formula is C10H16N4O2. The Bertz CT molecular complexity index is 337. The van der Waals surface area contributed by atoms with Gasteiger partial charge in [-0.1, -0.05) is 0 Å². The van der Waals surface area contributed by atoms with Gasteiger partial charge in [-0.05, 0) is 0 Å². The molecule has 0 aromatic carbocycles. The van der Waals surface area contributed by atoms with Crippen LogP contribution in [-0.4, -0.2) is 48.5 Å². The Labute approximate surface area is 94.6 Å². The second kappa shape index (κ2) is 5.89. The first-order valence-corrected chi connectivity index (χ1v) is 4.93. The average Bonchev–Trinajstić information content (AvgIpc) is 2.29. The van der Waals surface area contributed by atoms with Gasteiger partial charge in [0.1, 0.15) is 0 Å². The molecule has 1 amide bonds. The Kier molecular flexibility index (Phi) is 4.50. The summed E-state index contributed by atoms with van der Waals surface area (Å²) >= 11 is 0. The van der Waals surface area contributed by atoms with Gasteiger partial charge in [-0.25, -0.2) is 9.97 Å². The smallest absolute Gasteiger partial charge is 0.223 e. The fourth-order valence-corrected chi connectivity index (χ4v) is 1.02. The molecule has 16 heavy (non-hydrogen) atoms. The molecule has 6 nitrogen and oxygen atoms in total. The summed E-state index contributed by atoms with van der Waals surface area (Å²) in [5.74, 6) is 1.17. The molecule has 0 aliphatic rings. The molecule has 0 unspecified atom stereocenters. The minimum Gasteiger partial charge on any atom is -0.494 e. The van der Waals surface area contributed by atoms with Gasteiger partial charge in [0.05, 0.1) is 19.5 Å². The predicted octanol–water partition coefficient (Wildman–Crippen LogP) is 0.375. The number of hydrogen-bond donors (Lipinski definition) is 1. The maximum Gasteiger partial charge on any atom is 0.223 e. The first-order chi connectivity index (χ1) is 7.63. The number of methoxy groups -OCH3 is 1. The van der Waals surface area contributed by atoms with E-state index in [-0.39, 0.29) is 5.91 Å². The van der Waals surface area contributed by atoms with Gasteiger partial charge in [-0.2, -0.15) is 0 Å². The molecule has 1 heterocycles. The van der Waals surface area contributed by atoms with E-state index in [2.05, 4.69) is 15.3 Å². The molecule has 0 fully saturated rings. The van der Waals surface area contributed by atoms with E-state index in [1.165, 1.54) is 0 Å². The van der Waals surface area contributed by atoms with Crippen molar-refractivity contribution < 1.29 is 9.53 Å². The number of ether oxygens (including phenoxy) is 1. The van der Waals surface area contributed by atoms with E-state index in [1.54, 1.807) is 38.5 Å². The third kappa shape index (κ3) is 3.72. The molecule has 0 aliphatic heterocycles. The number of rotatable bonds is 5. The van der Waals surface area contributed by atoms with Crippen LogP contribution in [0.2, 0.25) is 0 Å². The van der Waals surface area contributed by atoms with Gasteiger partial charge < -0.3 is 15.0 Å². The van der Waals surface area contributed by atoms with Crippen molar-refractivity contribution in [2.75, 3.05) is 33.1 Å². The Hall–Kier alpha value is -1.85. The van der Waals surface area contributed by atoms with Crippen molar-refractivity contribution in [3.63, 3.8) is 0 Å². The van der Waals surface area contributed by atoms with Crippen molar-refractivity contribution in [2.24, 2.45) is 0 Å². The van der Waals surface area contributed by atoms with Crippen LogP contribution in [0.3, 0.4) is 0 Å². The van der Waals surface area contributed by atoms with Crippen molar-refractivity contribution in [3.05, 3.63) is 12.4 Å². The highest BCUT2D eigenvalue weighted by Crippen LogP contribution is 2.06. The zero-order valence-electron chi connectivity index (χ0n) is 9.73. The van der Waals surface area contributed by atoms with Crippen LogP contribution in [0, 0.1) is 0 Å². The van der Waals surface area contributed by atoms with Crippen LogP contribution >= 0.6 is 0 Å². The number of carbonyl (C=O) groups is 1. The van der Waals surface area contributed by atoms with E-state index >= 15 is 0 Å². The molecule has 1 N–H and O–H groups in total. The third-order valence-electron chi connectivity index (χ3n) is 1.98. The lowest BCUT2D eigenvalue weighted by atomic mass is 10.4. The van der Waals surface area contributed by atoms with E-state index < -0.39 is 0 Å². The SMILES string of the molecule is COc1cnc(NCCC(=O)N(C)C)nc1. The summed E-state index contributed by atoms with van der Waals surface area (Å²) in [6.07, 6.45) is 3.56. The number of hydrogen-bond acceptors (Lipinski definition) is 5. The minimum atomic E-state index is 0.0704. The zero-order chi connectivity index (χ0) is 12.0. The first kappa shape index (κ1) is 12.2. The molecule has 0 atom stereocenters. The maximum absolute atomic E-state index is 11.3. The molecule has 0 aliphatic carbocycles. The summed E-state index contributed by atoms with van der Waals surface area (Å²) < 4.78 is 4.93. The topological polar surface area (TPSA) is 67.3 Å². The number of carbonyl (C=O) groups excluding carboxylic acids is 1. The standard InChI is InChI=1S/C10H16N4O2/c1-14(2)9(15)4-5-11-10-12-6-8(16-3)7-13-10/h6-7H,4-5H2,1-3H3,(H,11,12,13). The lowest BCUT2D eigenvalue weighted by molar-refractivity contribution is -0.128. The average molecular weight is 224 g/mol. The molecule has 0 bridgehead atoms. The van der Waals surface area contributed by atoms with Gasteiger partial charge in [0, 0.05) is 27.1 Å². The Morgan fingerprint density at radius 2 is 2.06 bits per heavy atom. The van der Waals surface area contributed by atoms with Crippen molar-refractivity contribution in [1.29, 1.82) is 0 Å². The lowest BCUT2D eigenvalue weighted by Gasteiger charge is -2.10. The fraction of sp³-hybridized carbons (Fsp3) is 0.500. The minimum absolute atomic E-state index is 0.0704. The molecule has 1 aromatic heterocycles. The third-order valence-corrected chi connectivity index (χ3v) is 1.98. The van der Waals surface area contributed by atoms with E-state index in [4.69, 9.17) is 4.74 Å². The number of aromatic nitrogens is 2. The molecule has 1 rings (SSSR count). The van der Waals surface area contributed by atoms with E-state index in [1.807, 2.05) is 0 Å². The van der Waals surface area contributed by atoms with Crippen LogP contribution < -0.4 is 10.1 Å². The highest BCUT2D eigenvalue weighted by Gasteiger charge is 2.03. The highest BCUT2D eigenvalue weighted by molar-refractivity contribution is 5.75. The summed E-state index contributed by atoms with van der Waals surface area (Å²) in [5, 5.41) is 2.96. The van der Waals surface area contributed by atoms with Crippen LogP contribution in [-0.2, 0) is 4.79 Å². The molecule has 0 spiro atoms. The van der Waals surface area contributed by atoms with Crippen molar-refractivity contribution in [2.45, 2.75) is 6.42 Å². The molecule has 0 saturated carbocycles. The van der Waals surface area contributed by atoms with Gasteiger partial charge >= 0.3 is 0 Å². The second-order valence-electron chi connectivity index (χ2n) is 3.41. The zero-order valence-corrected chi connectivity index (χ0v) is 9.73. The van der Waals surface area contributed by atoms with Gasteiger partial charge in [0.25, 0.3) is 0 Å². The number of nitrogens with zero attached hydrogens (tertiary/aromatic N) is 3. The summed E-state index contributed by atoms with van der Waals surface area (Å²) in [7, 11) is 5.01. The predicted molar refractivity (Wildman–Crippen MR) is 60.4 cm³/mol. The van der Waals surface area contributed by atoms with Crippen LogP contribution in [0.4, 0.5) is 5.95 Å². The monoisotopic (exact) mass is 224 g/mol. The Balaban J connectivity index is 2.34. The first-order valence-electron chi connectivity index (χ1n) is 4.93. The fourth-order valence-electron chi connectivity index (χ4n) is 1.02. The molecule has 1 aromatic rings. The summed E-state index contributed by atoms with van der Waals surface area (Å²) in [4.78, 5) is 20.8. The summed E-state index contributed by atoms with van der Waals surface area (Å²) in [6.45, 7) is 0.517. The molecular weight excluding hydrogens is 208 g/mol. The summed E-state index contributed by atoms with van der Waals surface area (Å²) in [5.41, 5.74) is 0. The van der Waals surface area contributed by atoms with E-state index in [0.29, 0.717) is 24.7 Å². The van der Waals surface area contributed by atoms with Crippen molar-refractivity contribution >= 4 is 11.9 Å². The number of amides is 1. The van der Waals surface area contributed by atoms with Crippen molar-refractivity contribution in [3.8, 4) is 5.75 Å². The molecule has 0 radical (unpaired) electrons. The van der Waals surface area contributed by atoms with E-state index in [0.717, 1.165) is 0 Å². The largest absolute Gasteiger partial charge is 0.494 e. The van der Waals surface area contributed by atoms with Crippen LogP contribution in [0.15, 0.2) is 12.4 Å². The van der Waals surface area contributed by atoms with E-state index in [9.17, 15) is 4.79 Å². The highest BCUT2D eigenvalue weighted by atomic mass is 16.5.